The van der Waals surface area contributed by atoms with E-state index in [1.165, 1.54) is 12.1 Å². The van der Waals surface area contributed by atoms with Crippen molar-refractivity contribution in [2.75, 3.05) is 13.1 Å². The normalized spacial score (nSPS) is 16.9. The molecule has 0 radical (unpaired) electrons. The number of carbonyl (C=O) groups is 1. The summed E-state index contributed by atoms with van der Waals surface area (Å²) < 4.78 is 16.9. The van der Waals surface area contributed by atoms with E-state index in [-0.39, 0.29) is 11.7 Å². The van der Waals surface area contributed by atoms with Crippen LogP contribution in [0, 0.1) is 5.82 Å². The van der Waals surface area contributed by atoms with Gasteiger partial charge in [-0.3, -0.25) is 4.79 Å². The van der Waals surface area contributed by atoms with Gasteiger partial charge in [0.15, 0.2) is 0 Å². The molecule has 1 amide bonds. The summed E-state index contributed by atoms with van der Waals surface area (Å²) in [5.41, 5.74) is 3.24. The molecule has 30 heavy (non-hydrogen) atoms. The van der Waals surface area contributed by atoms with Crippen LogP contribution in [0.5, 0.6) is 0 Å². The van der Waals surface area contributed by atoms with Crippen LogP contribution in [0.25, 0.3) is 22.5 Å². The van der Waals surface area contributed by atoms with E-state index in [0.29, 0.717) is 18.8 Å². The summed E-state index contributed by atoms with van der Waals surface area (Å²) in [6, 6.07) is 15.9. The molecule has 3 aromatic heterocycles. The largest absolute Gasteiger partial charge is 0.391 e. The average Bonchev–Trinajstić information content (AvgIpc) is 3.40. The number of nitrogens with zero attached hydrogens (tertiary/aromatic N) is 4. The topological polar surface area (TPSA) is 62.8 Å². The maximum absolute atomic E-state index is 13.3. The molecule has 1 fully saturated rings. The van der Waals surface area contributed by atoms with Gasteiger partial charge >= 0.3 is 0 Å². The number of likely N-dealkylation sites (tertiary alicyclic amines) is 1. The lowest BCUT2D eigenvalue weighted by molar-refractivity contribution is 0.0466. The fourth-order valence-electron chi connectivity index (χ4n) is 4.02. The third-order valence-electron chi connectivity index (χ3n) is 5.57. The summed E-state index contributed by atoms with van der Waals surface area (Å²) in [7, 11) is 0. The number of pyridine rings is 1. The molecule has 4 heterocycles. The minimum Gasteiger partial charge on any atom is -0.391 e. The molecule has 1 aromatic carbocycles. The Hall–Kier alpha value is -3.45. The summed E-state index contributed by atoms with van der Waals surface area (Å²) in [6.07, 6.45) is 4.59. The van der Waals surface area contributed by atoms with E-state index in [1.807, 2.05) is 34.9 Å². The van der Waals surface area contributed by atoms with Gasteiger partial charge in [0.05, 0.1) is 12.3 Å². The lowest BCUT2D eigenvalue weighted by Gasteiger charge is -2.30. The molecule has 1 aliphatic heterocycles. The Bertz CT molecular complexity index is 1210. The number of halogens is 1. The van der Waals surface area contributed by atoms with Crippen molar-refractivity contribution in [2.45, 2.75) is 18.9 Å². The Morgan fingerprint density at radius 3 is 2.60 bits per heavy atom. The SMILES string of the molecule is O=C(c1ccnn1-c1ccc2ccc(-c3ccc(F)cc3)cn12)N1CCCC(O)C1. The smallest absolute Gasteiger partial charge is 0.272 e. The molecule has 1 unspecified atom stereocenters. The van der Waals surface area contributed by atoms with Crippen LogP contribution in [-0.2, 0) is 0 Å². The Kier molecular flexibility index (Phi) is 4.59. The average molecular weight is 404 g/mol. The second kappa shape index (κ2) is 7.42. The Morgan fingerprint density at radius 2 is 1.80 bits per heavy atom. The van der Waals surface area contributed by atoms with E-state index in [2.05, 4.69) is 5.10 Å². The van der Waals surface area contributed by atoms with Gasteiger partial charge in [-0.1, -0.05) is 18.2 Å². The maximum atomic E-state index is 13.3. The third-order valence-corrected chi connectivity index (χ3v) is 5.57. The highest BCUT2D eigenvalue weighted by Crippen LogP contribution is 2.24. The van der Waals surface area contributed by atoms with Gasteiger partial charge in [0.25, 0.3) is 5.91 Å². The zero-order valence-electron chi connectivity index (χ0n) is 16.3. The van der Waals surface area contributed by atoms with Crippen LogP contribution < -0.4 is 0 Å². The molecule has 1 atom stereocenters. The van der Waals surface area contributed by atoms with Crippen LogP contribution in [0.3, 0.4) is 0 Å². The standard InChI is InChI=1S/C23H21FN4O2/c24-18-6-3-16(4-7-18)17-5-8-19-9-10-22(27(19)14-17)28-21(11-12-25-28)23(30)26-13-1-2-20(29)15-26/h3-12,14,20,29H,1-2,13,15H2. The van der Waals surface area contributed by atoms with Crippen molar-refractivity contribution >= 4 is 11.4 Å². The predicted octanol–water partition coefficient (Wildman–Crippen LogP) is 3.53. The molecule has 0 bridgehead atoms. The summed E-state index contributed by atoms with van der Waals surface area (Å²) in [6.45, 7) is 0.971. The number of benzene rings is 1. The first-order valence-electron chi connectivity index (χ1n) is 9.99. The second-order valence-electron chi connectivity index (χ2n) is 7.59. The summed E-state index contributed by atoms with van der Waals surface area (Å²) in [5, 5.41) is 14.3. The molecule has 152 valence electrons. The number of aromatic nitrogens is 3. The van der Waals surface area contributed by atoms with Gasteiger partial charge in [0.1, 0.15) is 17.3 Å². The van der Waals surface area contributed by atoms with Crippen molar-refractivity contribution in [2.24, 2.45) is 0 Å². The first-order chi connectivity index (χ1) is 14.6. The lowest BCUT2D eigenvalue weighted by Crippen LogP contribution is -2.42. The van der Waals surface area contributed by atoms with Gasteiger partial charge in [-0.2, -0.15) is 5.10 Å². The van der Waals surface area contributed by atoms with Crippen molar-refractivity contribution < 1.29 is 14.3 Å². The predicted molar refractivity (Wildman–Crippen MR) is 111 cm³/mol. The minimum atomic E-state index is -0.480. The van der Waals surface area contributed by atoms with E-state index in [1.54, 1.807) is 34.0 Å². The fraction of sp³-hybridized carbons (Fsp3) is 0.217. The molecule has 0 aliphatic carbocycles. The molecule has 7 heteroatoms. The summed E-state index contributed by atoms with van der Waals surface area (Å²) >= 11 is 0. The van der Waals surface area contributed by atoms with Crippen LogP contribution in [-0.4, -0.2) is 49.3 Å². The van der Waals surface area contributed by atoms with Crippen LogP contribution in [0.4, 0.5) is 4.39 Å². The quantitative estimate of drug-likeness (QED) is 0.568. The van der Waals surface area contributed by atoms with Gasteiger partial charge in [-0.25, -0.2) is 9.07 Å². The number of amides is 1. The molecule has 6 nitrogen and oxygen atoms in total. The molecular formula is C23H21FN4O2. The monoisotopic (exact) mass is 404 g/mol. The molecule has 0 saturated carbocycles. The van der Waals surface area contributed by atoms with Crippen molar-refractivity contribution in [1.82, 2.24) is 19.1 Å². The number of carbonyl (C=O) groups excluding carboxylic acids is 1. The number of aliphatic hydroxyl groups excluding tert-OH is 1. The zero-order chi connectivity index (χ0) is 20.7. The molecule has 5 rings (SSSR count). The molecule has 1 aliphatic rings. The summed E-state index contributed by atoms with van der Waals surface area (Å²) in [4.78, 5) is 14.8. The Balaban J connectivity index is 1.54. The number of hydrogen-bond acceptors (Lipinski definition) is 3. The molecular weight excluding hydrogens is 383 g/mol. The lowest BCUT2D eigenvalue weighted by atomic mass is 10.1. The van der Waals surface area contributed by atoms with E-state index in [0.717, 1.165) is 35.3 Å². The molecule has 1 saturated heterocycles. The van der Waals surface area contributed by atoms with Crippen molar-refractivity contribution in [3.8, 4) is 16.9 Å². The van der Waals surface area contributed by atoms with Gasteiger partial charge in [0.2, 0.25) is 0 Å². The highest BCUT2D eigenvalue weighted by molar-refractivity contribution is 5.93. The van der Waals surface area contributed by atoms with E-state index in [9.17, 15) is 14.3 Å². The number of aliphatic hydroxyl groups is 1. The van der Waals surface area contributed by atoms with Crippen molar-refractivity contribution in [3.05, 3.63) is 78.5 Å². The number of rotatable bonds is 3. The minimum absolute atomic E-state index is 0.143. The number of hydrogen-bond donors (Lipinski definition) is 1. The first kappa shape index (κ1) is 18.6. The summed E-state index contributed by atoms with van der Waals surface area (Å²) in [5.74, 6) is 0.319. The van der Waals surface area contributed by atoms with Gasteiger partial charge in [0, 0.05) is 24.8 Å². The number of piperidine rings is 1. The first-order valence-corrected chi connectivity index (χ1v) is 9.99. The van der Waals surface area contributed by atoms with Crippen LogP contribution in [0.2, 0.25) is 0 Å². The van der Waals surface area contributed by atoms with E-state index < -0.39 is 6.10 Å². The van der Waals surface area contributed by atoms with Gasteiger partial charge in [-0.05, 0) is 60.4 Å². The Labute approximate surface area is 172 Å². The molecule has 4 aromatic rings. The van der Waals surface area contributed by atoms with Crippen LogP contribution in [0.15, 0.2) is 67.0 Å². The van der Waals surface area contributed by atoms with Gasteiger partial charge in [-0.15, -0.1) is 0 Å². The number of β-amino-alcohol motifs (C(OH)–C–C–N with tert-alkyl or cyclic N) is 1. The van der Waals surface area contributed by atoms with Crippen LogP contribution in [0.1, 0.15) is 23.3 Å². The number of fused-ring (bicyclic) bond motifs is 1. The van der Waals surface area contributed by atoms with E-state index in [4.69, 9.17) is 0 Å². The highest BCUT2D eigenvalue weighted by Gasteiger charge is 2.26. The fourth-order valence-corrected chi connectivity index (χ4v) is 4.02. The van der Waals surface area contributed by atoms with Crippen LogP contribution >= 0.6 is 0 Å². The second-order valence-corrected chi connectivity index (χ2v) is 7.59. The highest BCUT2D eigenvalue weighted by atomic mass is 19.1. The van der Waals surface area contributed by atoms with Crippen molar-refractivity contribution in [1.29, 1.82) is 0 Å². The maximum Gasteiger partial charge on any atom is 0.272 e. The third kappa shape index (κ3) is 3.27. The zero-order valence-corrected chi connectivity index (χ0v) is 16.3. The van der Waals surface area contributed by atoms with Crippen molar-refractivity contribution in [3.63, 3.8) is 0 Å². The molecule has 1 N–H and O–H groups in total. The van der Waals surface area contributed by atoms with Gasteiger partial charge < -0.3 is 14.4 Å². The Morgan fingerprint density at radius 1 is 1.03 bits per heavy atom. The molecule has 0 spiro atoms. The van der Waals surface area contributed by atoms with E-state index >= 15 is 0 Å².